The molecule has 1 atom stereocenters. The zero-order valence-electron chi connectivity index (χ0n) is 11.5. The summed E-state index contributed by atoms with van der Waals surface area (Å²) in [6.07, 6.45) is 0. The van der Waals surface area contributed by atoms with Gasteiger partial charge in [-0.15, -0.1) is 0 Å². The third-order valence-corrected chi connectivity index (χ3v) is 2.91. The predicted octanol–water partition coefficient (Wildman–Crippen LogP) is 2.65. The van der Waals surface area contributed by atoms with Crippen LogP contribution in [-0.4, -0.2) is 22.4 Å². The summed E-state index contributed by atoms with van der Waals surface area (Å²) in [5.41, 5.74) is 2.72. The number of rotatable bonds is 4. The van der Waals surface area contributed by atoms with Crippen molar-refractivity contribution >= 4 is 5.97 Å². The molecule has 1 aromatic carbocycles. The Kier molecular flexibility index (Phi) is 4.00. The Labute approximate surface area is 113 Å². The maximum Gasteiger partial charge on any atom is 0.335 e. The van der Waals surface area contributed by atoms with Gasteiger partial charge in [0.25, 0.3) is 0 Å². The summed E-state index contributed by atoms with van der Waals surface area (Å²) in [4.78, 5) is 12.2. The van der Waals surface area contributed by atoms with Gasteiger partial charge in [0.2, 0.25) is 0 Å². The molecule has 0 saturated carbocycles. The molecule has 19 heavy (non-hydrogen) atoms. The van der Waals surface area contributed by atoms with Gasteiger partial charge in [0.05, 0.1) is 12.3 Å². The average molecular weight is 258 g/mol. The first-order valence-corrected chi connectivity index (χ1v) is 6.37. The Morgan fingerprint density at radius 2 is 2.00 bits per heavy atom. The quantitative estimate of drug-likeness (QED) is 0.792. The maximum atomic E-state index is 12.2. The molecule has 0 bridgehead atoms. The molecule has 0 amide bonds. The predicted molar refractivity (Wildman–Crippen MR) is 72.9 cm³/mol. The van der Waals surface area contributed by atoms with Gasteiger partial charge >= 0.3 is 5.97 Å². The highest BCUT2D eigenvalue weighted by Gasteiger charge is 2.26. The van der Waals surface area contributed by atoms with Crippen molar-refractivity contribution in [3.8, 4) is 0 Å². The topological polar surface area (TPSA) is 44.1 Å². The highest BCUT2D eigenvalue weighted by molar-refractivity contribution is 5.78. The summed E-state index contributed by atoms with van der Waals surface area (Å²) in [5.74, 6) is -0.278. The van der Waals surface area contributed by atoms with Crippen LogP contribution in [-0.2, 0) is 9.53 Å². The van der Waals surface area contributed by atoms with Gasteiger partial charge in [0, 0.05) is 5.69 Å². The fourth-order valence-electron chi connectivity index (χ4n) is 2.14. The van der Waals surface area contributed by atoms with Crippen LogP contribution in [0.4, 0.5) is 0 Å². The first-order valence-electron chi connectivity index (χ1n) is 6.37. The summed E-state index contributed by atoms with van der Waals surface area (Å²) in [6.45, 7) is 6.02. The second-order valence-corrected chi connectivity index (χ2v) is 4.44. The Bertz CT molecular complexity index is 561. The lowest BCUT2D eigenvalue weighted by molar-refractivity contribution is -0.146. The van der Waals surface area contributed by atoms with E-state index in [1.165, 1.54) is 0 Å². The fraction of sp³-hybridized carbons (Fsp3) is 0.333. The molecule has 1 heterocycles. The van der Waals surface area contributed by atoms with Crippen molar-refractivity contribution in [2.45, 2.75) is 26.8 Å². The Morgan fingerprint density at radius 3 is 2.53 bits per heavy atom. The average Bonchev–Trinajstić information content (AvgIpc) is 2.70. The zero-order chi connectivity index (χ0) is 13.8. The lowest BCUT2D eigenvalue weighted by Crippen LogP contribution is -2.25. The van der Waals surface area contributed by atoms with Crippen molar-refractivity contribution in [1.82, 2.24) is 9.78 Å². The van der Waals surface area contributed by atoms with Gasteiger partial charge in [-0.05, 0) is 32.4 Å². The Balaban J connectivity index is 2.46. The molecular formula is C15H18N2O2. The first kappa shape index (κ1) is 13.3. The van der Waals surface area contributed by atoms with Crippen LogP contribution in [0.15, 0.2) is 36.4 Å². The number of aromatic nitrogens is 2. The second kappa shape index (κ2) is 5.69. The van der Waals surface area contributed by atoms with E-state index < -0.39 is 6.04 Å². The number of ether oxygens (including phenoxy) is 1. The van der Waals surface area contributed by atoms with Gasteiger partial charge in [-0.2, -0.15) is 5.10 Å². The van der Waals surface area contributed by atoms with Crippen molar-refractivity contribution < 1.29 is 9.53 Å². The van der Waals surface area contributed by atoms with Crippen molar-refractivity contribution in [2.75, 3.05) is 6.61 Å². The highest BCUT2D eigenvalue weighted by Crippen LogP contribution is 2.21. The number of carbonyl (C=O) groups excluding carboxylic acids is 1. The van der Waals surface area contributed by atoms with E-state index in [4.69, 9.17) is 4.74 Å². The molecule has 1 unspecified atom stereocenters. The van der Waals surface area contributed by atoms with Crippen LogP contribution in [0.25, 0.3) is 0 Å². The lowest BCUT2D eigenvalue weighted by atomic mass is 10.1. The minimum atomic E-state index is -0.519. The van der Waals surface area contributed by atoms with Gasteiger partial charge in [0.1, 0.15) is 0 Å². The van der Waals surface area contributed by atoms with E-state index in [9.17, 15) is 4.79 Å². The van der Waals surface area contributed by atoms with Crippen molar-refractivity contribution in [3.05, 3.63) is 53.3 Å². The number of esters is 1. The lowest BCUT2D eigenvalue weighted by Gasteiger charge is -2.18. The van der Waals surface area contributed by atoms with Gasteiger partial charge in [-0.1, -0.05) is 30.3 Å². The molecule has 0 radical (unpaired) electrons. The highest BCUT2D eigenvalue weighted by atomic mass is 16.5. The molecule has 100 valence electrons. The van der Waals surface area contributed by atoms with Crippen molar-refractivity contribution in [3.63, 3.8) is 0 Å². The van der Waals surface area contributed by atoms with Crippen LogP contribution in [0.5, 0.6) is 0 Å². The molecule has 2 aromatic rings. The summed E-state index contributed by atoms with van der Waals surface area (Å²) in [6, 6.07) is 11.0. The van der Waals surface area contributed by atoms with Crippen LogP contribution >= 0.6 is 0 Å². The summed E-state index contributed by atoms with van der Waals surface area (Å²) >= 11 is 0. The molecule has 0 aliphatic heterocycles. The maximum absolute atomic E-state index is 12.2. The summed E-state index contributed by atoms with van der Waals surface area (Å²) in [5, 5.41) is 4.41. The smallest absolute Gasteiger partial charge is 0.335 e. The molecule has 0 N–H and O–H groups in total. The van der Waals surface area contributed by atoms with E-state index in [-0.39, 0.29) is 5.97 Å². The van der Waals surface area contributed by atoms with Gasteiger partial charge in [-0.3, -0.25) is 4.68 Å². The van der Waals surface area contributed by atoms with E-state index in [0.717, 1.165) is 17.0 Å². The Morgan fingerprint density at radius 1 is 1.32 bits per heavy atom. The third kappa shape index (κ3) is 2.84. The molecule has 0 saturated heterocycles. The van der Waals surface area contributed by atoms with Crippen molar-refractivity contribution in [1.29, 1.82) is 0 Å². The number of carbonyl (C=O) groups is 1. The van der Waals surface area contributed by atoms with Crippen LogP contribution < -0.4 is 0 Å². The molecule has 0 aliphatic carbocycles. The van der Waals surface area contributed by atoms with E-state index in [2.05, 4.69) is 5.10 Å². The fourth-order valence-corrected chi connectivity index (χ4v) is 2.14. The molecule has 0 fully saturated rings. The van der Waals surface area contributed by atoms with E-state index in [0.29, 0.717) is 6.61 Å². The van der Waals surface area contributed by atoms with Crippen molar-refractivity contribution in [2.24, 2.45) is 0 Å². The number of nitrogens with zero attached hydrogens (tertiary/aromatic N) is 2. The largest absolute Gasteiger partial charge is 0.464 e. The van der Waals surface area contributed by atoms with E-state index >= 15 is 0 Å². The minimum Gasteiger partial charge on any atom is -0.464 e. The van der Waals surface area contributed by atoms with Crippen LogP contribution in [0.3, 0.4) is 0 Å². The molecule has 0 aliphatic rings. The van der Waals surface area contributed by atoms with Gasteiger partial charge < -0.3 is 4.74 Å². The normalized spacial score (nSPS) is 12.2. The zero-order valence-corrected chi connectivity index (χ0v) is 11.5. The summed E-state index contributed by atoms with van der Waals surface area (Å²) < 4.78 is 6.90. The van der Waals surface area contributed by atoms with E-state index in [1.54, 1.807) is 11.6 Å². The molecule has 0 spiro atoms. The minimum absolute atomic E-state index is 0.278. The molecule has 4 heteroatoms. The third-order valence-electron chi connectivity index (χ3n) is 2.91. The number of aryl methyl sites for hydroxylation is 2. The SMILES string of the molecule is CCOC(=O)C(c1ccccc1)n1nc(C)cc1C. The van der Waals surface area contributed by atoms with Crippen LogP contribution in [0.2, 0.25) is 0 Å². The standard InChI is InChI=1S/C15H18N2O2/c1-4-19-15(18)14(13-8-6-5-7-9-13)17-12(3)10-11(2)16-17/h5-10,14H,4H2,1-3H3. The first-order chi connectivity index (χ1) is 9.13. The molecule has 2 rings (SSSR count). The van der Waals surface area contributed by atoms with E-state index in [1.807, 2.05) is 50.2 Å². The van der Waals surface area contributed by atoms with Gasteiger partial charge in [0.15, 0.2) is 6.04 Å². The van der Waals surface area contributed by atoms with Crippen LogP contribution in [0.1, 0.15) is 29.9 Å². The number of benzene rings is 1. The molecule has 1 aromatic heterocycles. The summed E-state index contributed by atoms with van der Waals surface area (Å²) in [7, 11) is 0. The Hall–Kier alpha value is -2.10. The van der Waals surface area contributed by atoms with Crippen LogP contribution in [0, 0.1) is 13.8 Å². The molecule has 4 nitrogen and oxygen atoms in total. The number of hydrogen-bond donors (Lipinski definition) is 0. The second-order valence-electron chi connectivity index (χ2n) is 4.44. The number of hydrogen-bond acceptors (Lipinski definition) is 3. The van der Waals surface area contributed by atoms with Gasteiger partial charge in [-0.25, -0.2) is 4.79 Å². The monoisotopic (exact) mass is 258 g/mol. The molecular weight excluding hydrogens is 240 g/mol.